The molecule has 1 aromatic heterocycles. The smallest absolute Gasteiger partial charge is 0.226 e. The number of hydrogen-bond donors (Lipinski definition) is 0. The van der Waals surface area contributed by atoms with E-state index < -0.39 is 8.07 Å². The minimum absolute atomic E-state index is 1.24. The quantitative estimate of drug-likeness (QED) is 0.339. The third-order valence-electron chi connectivity index (χ3n) is 5.79. The lowest BCUT2D eigenvalue weighted by Gasteiger charge is -2.17. The van der Waals surface area contributed by atoms with Crippen molar-refractivity contribution in [2.24, 2.45) is 14.1 Å². The van der Waals surface area contributed by atoms with Gasteiger partial charge in [0.1, 0.15) is 0 Å². The topological polar surface area (TPSA) is 8.81 Å². The van der Waals surface area contributed by atoms with E-state index in [1.165, 1.54) is 44.3 Å². The Hall–Kier alpha value is -2.65. The van der Waals surface area contributed by atoms with Crippen LogP contribution in [0.4, 0.5) is 0 Å². The van der Waals surface area contributed by atoms with Gasteiger partial charge in [0.2, 0.25) is 0 Å². The van der Waals surface area contributed by atoms with Crippen molar-refractivity contribution in [1.29, 1.82) is 0 Å². The van der Waals surface area contributed by atoms with E-state index in [-0.39, 0.29) is 0 Å². The van der Waals surface area contributed by atoms with Gasteiger partial charge in [-0.3, -0.25) is 0 Å². The summed E-state index contributed by atoms with van der Waals surface area (Å²) < 4.78 is 4.58. The summed E-state index contributed by atoms with van der Waals surface area (Å²) in [4.78, 5) is 0. The maximum absolute atomic E-state index is 2.39. The molecule has 0 bridgehead atoms. The Labute approximate surface area is 169 Å². The van der Waals surface area contributed by atoms with Crippen molar-refractivity contribution < 1.29 is 4.57 Å². The van der Waals surface area contributed by atoms with E-state index in [4.69, 9.17) is 0 Å². The average molecular weight is 386 g/mol. The lowest BCUT2D eigenvalue weighted by atomic mass is 9.99. The van der Waals surface area contributed by atoms with Crippen molar-refractivity contribution in [2.45, 2.75) is 26.6 Å². The Kier molecular flexibility index (Phi) is 4.51. The van der Waals surface area contributed by atoms with Gasteiger partial charge < -0.3 is 0 Å². The maximum atomic E-state index is 2.39. The zero-order valence-corrected chi connectivity index (χ0v) is 18.7. The highest BCUT2D eigenvalue weighted by atomic mass is 28.3. The van der Waals surface area contributed by atoms with E-state index in [0.29, 0.717) is 0 Å². The first-order valence-corrected chi connectivity index (χ1v) is 13.4. The molecule has 0 saturated heterocycles. The summed E-state index contributed by atoms with van der Waals surface area (Å²) in [6.07, 6.45) is 0. The van der Waals surface area contributed by atoms with Crippen LogP contribution in [0.3, 0.4) is 0 Å². The number of rotatable bonds is 3. The van der Waals surface area contributed by atoms with Crippen LogP contribution in [0.25, 0.3) is 33.5 Å². The fraction of sp³-hybridized carbons (Fsp3) is 0.240. The van der Waals surface area contributed by atoms with Gasteiger partial charge in [0.25, 0.3) is 5.82 Å². The van der Waals surface area contributed by atoms with Gasteiger partial charge in [0, 0.05) is 0 Å². The van der Waals surface area contributed by atoms with Crippen molar-refractivity contribution in [1.82, 2.24) is 4.57 Å². The second-order valence-corrected chi connectivity index (χ2v) is 13.9. The number of hydrogen-bond acceptors (Lipinski definition) is 0. The molecule has 0 aliphatic carbocycles. The average Bonchev–Trinajstić information content (AvgIpc) is 2.92. The Morgan fingerprint density at radius 2 is 1.46 bits per heavy atom. The molecule has 28 heavy (non-hydrogen) atoms. The monoisotopic (exact) mass is 385 g/mol. The molecule has 0 aliphatic heterocycles. The summed E-state index contributed by atoms with van der Waals surface area (Å²) in [6, 6.07) is 24.6. The maximum Gasteiger partial charge on any atom is 0.289 e. The minimum atomic E-state index is -1.26. The zero-order valence-electron chi connectivity index (χ0n) is 17.7. The minimum Gasteiger partial charge on any atom is -0.226 e. The second-order valence-electron chi connectivity index (χ2n) is 8.79. The van der Waals surface area contributed by atoms with E-state index >= 15 is 0 Å². The molecule has 4 rings (SSSR count). The van der Waals surface area contributed by atoms with Gasteiger partial charge in [-0.1, -0.05) is 73.4 Å². The van der Waals surface area contributed by atoms with Gasteiger partial charge in [0.05, 0.1) is 27.7 Å². The second kappa shape index (κ2) is 6.75. The summed E-state index contributed by atoms with van der Waals surface area (Å²) in [7, 11) is 3.05. The van der Waals surface area contributed by atoms with Crippen molar-refractivity contribution in [3.63, 3.8) is 0 Å². The number of fused-ring (bicyclic) bond motifs is 1. The molecule has 0 unspecified atom stereocenters. The lowest BCUT2D eigenvalue weighted by Crippen LogP contribution is -2.37. The van der Waals surface area contributed by atoms with Crippen LogP contribution in [0.15, 0.2) is 66.7 Å². The molecule has 0 aliphatic rings. The lowest BCUT2D eigenvalue weighted by molar-refractivity contribution is -0.634. The van der Waals surface area contributed by atoms with Crippen LogP contribution in [0.1, 0.15) is 5.56 Å². The summed E-state index contributed by atoms with van der Waals surface area (Å²) >= 11 is 0. The fourth-order valence-corrected chi connectivity index (χ4v) is 5.27. The molecule has 0 atom stereocenters. The van der Waals surface area contributed by atoms with Crippen molar-refractivity contribution in [3.8, 4) is 22.5 Å². The Balaban J connectivity index is 1.77. The predicted molar refractivity (Wildman–Crippen MR) is 123 cm³/mol. The van der Waals surface area contributed by atoms with Crippen LogP contribution < -0.4 is 9.75 Å². The Morgan fingerprint density at radius 1 is 0.821 bits per heavy atom. The molecule has 2 nitrogen and oxygen atoms in total. The van der Waals surface area contributed by atoms with Gasteiger partial charge in [-0.25, -0.2) is 9.13 Å². The number of aryl methyl sites for hydroxylation is 3. The SMILES string of the molecule is Cc1cc(-c2ccc([Si](C)(C)C)cc2)ccc1-c1n(C)c2ccccc2[n+]1C. The van der Waals surface area contributed by atoms with E-state index in [9.17, 15) is 0 Å². The van der Waals surface area contributed by atoms with Crippen LogP contribution >= 0.6 is 0 Å². The van der Waals surface area contributed by atoms with E-state index in [1.807, 2.05) is 0 Å². The van der Waals surface area contributed by atoms with Crippen molar-refractivity contribution >= 4 is 24.3 Å². The molecule has 1 heterocycles. The third-order valence-corrected chi connectivity index (χ3v) is 7.86. The molecule has 0 radical (unpaired) electrons. The molecule has 3 heteroatoms. The standard InChI is InChI=1S/C25H29N2Si/c1-18-17-20(19-11-14-21(15-12-19)28(4,5)6)13-16-22(18)25-26(2)23-9-7-8-10-24(23)27(25)3/h7-17H,1-6H3/q+1. The van der Waals surface area contributed by atoms with Crippen LogP contribution in [0.2, 0.25) is 19.6 Å². The van der Waals surface area contributed by atoms with Gasteiger partial charge in [-0.2, -0.15) is 0 Å². The fourth-order valence-electron chi connectivity index (χ4n) is 4.10. The molecular formula is C25H29N2Si+. The molecule has 0 amide bonds. The Morgan fingerprint density at radius 3 is 2.07 bits per heavy atom. The van der Waals surface area contributed by atoms with Crippen LogP contribution in [-0.2, 0) is 14.1 Å². The molecule has 0 fully saturated rings. The van der Waals surface area contributed by atoms with Gasteiger partial charge >= 0.3 is 0 Å². The van der Waals surface area contributed by atoms with Crippen LogP contribution in [-0.4, -0.2) is 12.6 Å². The predicted octanol–water partition coefficient (Wildman–Crippen LogP) is 5.19. The van der Waals surface area contributed by atoms with Crippen LogP contribution in [0, 0.1) is 6.92 Å². The first kappa shape index (κ1) is 18.7. The normalized spacial score (nSPS) is 11.9. The molecule has 0 saturated carbocycles. The molecule has 142 valence electrons. The van der Waals surface area contributed by atoms with Gasteiger partial charge in [-0.15, -0.1) is 0 Å². The number of imidazole rings is 1. The highest BCUT2D eigenvalue weighted by Crippen LogP contribution is 2.29. The molecule has 0 spiro atoms. The molecular weight excluding hydrogens is 356 g/mol. The van der Waals surface area contributed by atoms with Crippen molar-refractivity contribution in [3.05, 3.63) is 72.3 Å². The van der Waals surface area contributed by atoms with Crippen LogP contribution in [0.5, 0.6) is 0 Å². The summed E-state index contributed by atoms with van der Waals surface area (Å²) in [5, 5.41) is 1.51. The number of nitrogens with zero attached hydrogens (tertiary/aromatic N) is 2. The van der Waals surface area contributed by atoms with E-state index in [2.05, 4.69) is 117 Å². The molecule has 4 aromatic rings. The number of para-hydroxylation sites is 2. The van der Waals surface area contributed by atoms with E-state index in [1.54, 1.807) is 0 Å². The number of aromatic nitrogens is 2. The summed E-state index contributed by atoms with van der Waals surface area (Å²) in [5.41, 5.74) is 7.66. The molecule has 3 aromatic carbocycles. The number of benzene rings is 3. The largest absolute Gasteiger partial charge is 0.289 e. The first-order valence-electron chi connectivity index (χ1n) is 9.93. The molecule has 0 N–H and O–H groups in total. The van der Waals surface area contributed by atoms with Crippen molar-refractivity contribution in [2.75, 3.05) is 0 Å². The summed E-state index contributed by atoms with van der Waals surface area (Å²) in [5.74, 6) is 1.24. The zero-order chi connectivity index (χ0) is 20.1. The third kappa shape index (κ3) is 3.10. The highest BCUT2D eigenvalue weighted by Gasteiger charge is 2.23. The first-order chi connectivity index (χ1) is 13.3. The highest BCUT2D eigenvalue weighted by molar-refractivity contribution is 6.88. The van der Waals surface area contributed by atoms with Gasteiger partial charge in [0.15, 0.2) is 11.0 Å². The van der Waals surface area contributed by atoms with Gasteiger partial charge in [-0.05, 0) is 41.8 Å². The Bertz CT molecular complexity index is 1120. The van der Waals surface area contributed by atoms with E-state index in [0.717, 1.165) is 0 Å². The summed E-state index contributed by atoms with van der Waals surface area (Å²) in [6.45, 7) is 9.40.